The molecule has 0 radical (unpaired) electrons. The van der Waals surface area contributed by atoms with Crippen molar-refractivity contribution in [3.05, 3.63) is 68.0 Å². The van der Waals surface area contributed by atoms with Gasteiger partial charge < -0.3 is 0 Å². The first-order chi connectivity index (χ1) is 9.99. The van der Waals surface area contributed by atoms with Gasteiger partial charge in [-0.15, -0.1) is 11.3 Å². The number of hydrogen-bond donors (Lipinski definition) is 0. The zero-order valence-corrected chi connectivity index (χ0v) is 15.1. The Morgan fingerprint density at radius 3 is 2.62 bits per heavy atom. The topological polar surface area (TPSA) is 0 Å². The van der Waals surface area contributed by atoms with Crippen molar-refractivity contribution in [1.29, 1.82) is 0 Å². The minimum Gasteiger partial charge on any atom is -0.207 e. The molecule has 0 aliphatic rings. The Balaban J connectivity index is 2.15. The molecule has 0 bridgehead atoms. The second kappa shape index (κ2) is 5.95. The minimum atomic E-state index is -0.627. The number of hydrogen-bond acceptors (Lipinski definition) is 1. The minimum absolute atomic E-state index is 0.214. The van der Waals surface area contributed by atoms with Gasteiger partial charge in [-0.25, -0.2) is 8.78 Å². The van der Waals surface area contributed by atoms with Gasteiger partial charge in [0.05, 0.1) is 9.85 Å². The maximum Gasteiger partial charge on any atom is 0.142 e. The smallest absolute Gasteiger partial charge is 0.142 e. The molecule has 108 valence electrons. The van der Waals surface area contributed by atoms with E-state index >= 15 is 0 Å². The average molecular weight is 453 g/mol. The predicted octanol–water partition coefficient (Wildman–Crippen LogP) is 7.08. The van der Waals surface area contributed by atoms with Gasteiger partial charge in [-0.2, -0.15) is 0 Å². The summed E-state index contributed by atoms with van der Waals surface area (Å²) < 4.78 is 29.7. The molecule has 0 N–H and O–H groups in total. The summed E-state index contributed by atoms with van der Waals surface area (Å²) in [7, 11) is 0. The van der Waals surface area contributed by atoms with E-state index < -0.39 is 16.5 Å². The van der Waals surface area contributed by atoms with Crippen molar-refractivity contribution >= 4 is 64.9 Å². The van der Waals surface area contributed by atoms with Crippen LogP contribution in [0.25, 0.3) is 10.1 Å². The number of benzene rings is 2. The van der Waals surface area contributed by atoms with Gasteiger partial charge in [-0.05, 0) is 50.5 Å². The van der Waals surface area contributed by atoms with Gasteiger partial charge in [0.1, 0.15) is 11.6 Å². The lowest BCUT2D eigenvalue weighted by Crippen LogP contribution is -1.97. The van der Waals surface area contributed by atoms with Gasteiger partial charge in [0.25, 0.3) is 0 Å². The first kappa shape index (κ1) is 15.4. The Hall–Kier alpha value is -0.490. The van der Waals surface area contributed by atoms with Gasteiger partial charge in [-0.1, -0.05) is 39.7 Å². The quantitative estimate of drug-likeness (QED) is 0.288. The van der Waals surface area contributed by atoms with E-state index in [-0.39, 0.29) is 10.6 Å². The molecular weight excluding hydrogens is 445 g/mol. The van der Waals surface area contributed by atoms with Gasteiger partial charge in [0.2, 0.25) is 0 Å². The fourth-order valence-electron chi connectivity index (χ4n) is 2.14. The van der Waals surface area contributed by atoms with Crippen molar-refractivity contribution in [2.24, 2.45) is 0 Å². The van der Waals surface area contributed by atoms with Gasteiger partial charge in [-0.3, -0.25) is 0 Å². The first-order valence-electron chi connectivity index (χ1n) is 5.93. The molecule has 6 heteroatoms. The third-order valence-electron chi connectivity index (χ3n) is 3.17. The fourth-order valence-corrected chi connectivity index (χ4v) is 4.84. The molecule has 0 saturated heterocycles. The van der Waals surface area contributed by atoms with Crippen molar-refractivity contribution in [3.8, 4) is 0 Å². The maximum atomic E-state index is 14.1. The van der Waals surface area contributed by atoms with Crippen LogP contribution in [0.5, 0.6) is 0 Å². The number of halogens is 5. The zero-order valence-electron chi connectivity index (χ0n) is 10.3. The molecule has 0 spiro atoms. The molecule has 21 heavy (non-hydrogen) atoms. The van der Waals surface area contributed by atoms with Crippen LogP contribution in [0.3, 0.4) is 0 Å². The Morgan fingerprint density at radius 1 is 1.10 bits per heavy atom. The molecule has 3 aromatic rings. The van der Waals surface area contributed by atoms with E-state index in [0.29, 0.717) is 0 Å². The lowest BCUT2D eigenvalue weighted by molar-refractivity contribution is 0.589. The van der Waals surface area contributed by atoms with Crippen LogP contribution < -0.4 is 0 Å². The van der Waals surface area contributed by atoms with Crippen LogP contribution in [0.2, 0.25) is 5.02 Å². The third-order valence-corrected chi connectivity index (χ3v) is 6.41. The molecule has 1 atom stereocenters. The standard InChI is InChI=1S/C15H7Br2ClF2S/c16-10-3-1-2-7-9(6-21-15(7)10)14(17)8-4-13(20)11(18)5-12(8)19/h1-6,14H. The summed E-state index contributed by atoms with van der Waals surface area (Å²) >= 11 is 14.1. The number of thiophene rings is 1. The second-order valence-electron chi connectivity index (χ2n) is 4.46. The largest absolute Gasteiger partial charge is 0.207 e. The Morgan fingerprint density at radius 2 is 1.86 bits per heavy atom. The molecule has 3 rings (SSSR count). The van der Waals surface area contributed by atoms with E-state index in [4.69, 9.17) is 11.6 Å². The lowest BCUT2D eigenvalue weighted by Gasteiger charge is -2.12. The number of rotatable bonds is 2. The van der Waals surface area contributed by atoms with Crippen LogP contribution in [0, 0.1) is 11.6 Å². The van der Waals surface area contributed by atoms with Crippen molar-refractivity contribution < 1.29 is 8.78 Å². The molecular formula is C15H7Br2ClF2S. The van der Waals surface area contributed by atoms with E-state index in [2.05, 4.69) is 31.9 Å². The summed E-state index contributed by atoms with van der Waals surface area (Å²) in [5.41, 5.74) is 1.13. The van der Waals surface area contributed by atoms with Crippen LogP contribution in [-0.2, 0) is 0 Å². The summed E-state index contributed by atoms with van der Waals surface area (Å²) in [6.45, 7) is 0. The highest BCUT2D eigenvalue weighted by Gasteiger charge is 2.21. The molecule has 1 aromatic heterocycles. The summed E-state index contributed by atoms with van der Waals surface area (Å²) in [6, 6.07) is 7.98. The Bertz CT molecular complexity index is 832. The van der Waals surface area contributed by atoms with E-state index in [9.17, 15) is 8.78 Å². The van der Waals surface area contributed by atoms with Crippen LogP contribution in [0.4, 0.5) is 8.78 Å². The Kier molecular flexibility index (Phi) is 4.37. The lowest BCUT2D eigenvalue weighted by atomic mass is 10.0. The van der Waals surface area contributed by atoms with E-state index in [0.717, 1.165) is 32.3 Å². The highest BCUT2D eigenvalue weighted by molar-refractivity contribution is 9.10. The van der Waals surface area contributed by atoms with Crippen molar-refractivity contribution in [2.75, 3.05) is 0 Å². The van der Waals surface area contributed by atoms with Crippen molar-refractivity contribution in [2.45, 2.75) is 4.83 Å². The average Bonchev–Trinajstić information content (AvgIpc) is 2.87. The summed E-state index contributed by atoms with van der Waals surface area (Å²) in [4.78, 5) is -0.438. The molecule has 0 aliphatic carbocycles. The van der Waals surface area contributed by atoms with Crippen LogP contribution in [0.1, 0.15) is 16.0 Å². The zero-order chi connectivity index (χ0) is 15.1. The highest BCUT2D eigenvalue weighted by atomic mass is 79.9. The van der Waals surface area contributed by atoms with Crippen LogP contribution in [0.15, 0.2) is 40.2 Å². The Labute approximate surface area is 146 Å². The number of alkyl halides is 1. The van der Waals surface area contributed by atoms with Gasteiger partial charge in [0.15, 0.2) is 0 Å². The summed E-state index contributed by atoms with van der Waals surface area (Å²) in [6.07, 6.45) is 0. The fraction of sp³-hybridized carbons (Fsp3) is 0.0667. The van der Waals surface area contributed by atoms with Crippen LogP contribution in [-0.4, -0.2) is 0 Å². The maximum absolute atomic E-state index is 14.1. The monoisotopic (exact) mass is 450 g/mol. The van der Waals surface area contributed by atoms with E-state index in [1.807, 2.05) is 23.6 Å². The predicted molar refractivity (Wildman–Crippen MR) is 91.7 cm³/mol. The molecule has 1 unspecified atom stereocenters. The van der Waals surface area contributed by atoms with E-state index in [1.54, 1.807) is 11.3 Å². The summed E-state index contributed by atoms with van der Waals surface area (Å²) in [5.74, 6) is -1.16. The van der Waals surface area contributed by atoms with Gasteiger partial charge >= 0.3 is 0 Å². The molecule has 0 nitrogen and oxygen atoms in total. The second-order valence-corrected chi connectivity index (χ2v) is 7.51. The molecule has 0 fully saturated rings. The molecule has 2 aromatic carbocycles. The normalized spacial score (nSPS) is 12.8. The highest BCUT2D eigenvalue weighted by Crippen LogP contribution is 2.42. The van der Waals surface area contributed by atoms with E-state index in [1.165, 1.54) is 0 Å². The molecule has 0 saturated carbocycles. The first-order valence-corrected chi connectivity index (χ1v) is 8.90. The molecule has 0 amide bonds. The SMILES string of the molecule is Fc1cc(C(Br)c2csc3c(Br)cccc23)c(F)cc1Cl. The third kappa shape index (κ3) is 2.77. The van der Waals surface area contributed by atoms with Crippen molar-refractivity contribution in [3.63, 3.8) is 0 Å². The number of fused-ring (bicyclic) bond motifs is 1. The molecule has 1 heterocycles. The van der Waals surface area contributed by atoms with Gasteiger partial charge in [0, 0.05) is 14.7 Å². The summed E-state index contributed by atoms with van der Waals surface area (Å²) in [5, 5.41) is 2.74. The molecule has 0 aliphatic heterocycles. The van der Waals surface area contributed by atoms with Crippen LogP contribution >= 0.6 is 54.8 Å². The van der Waals surface area contributed by atoms with Crippen molar-refractivity contribution in [1.82, 2.24) is 0 Å².